The van der Waals surface area contributed by atoms with Gasteiger partial charge in [-0.3, -0.25) is 4.79 Å². The van der Waals surface area contributed by atoms with Crippen LogP contribution < -0.4 is 0 Å². The zero-order chi connectivity index (χ0) is 12.7. The summed E-state index contributed by atoms with van der Waals surface area (Å²) < 4.78 is 0. The molecule has 0 saturated heterocycles. The smallest absolute Gasteiger partial charge is 0.188 e. The summed E-state index contributed by atoms with van der Waals surface area (Å²) in [7, 11) is 0. The molecule has 90 valence electrons. The summed E-state index contributed by atoms with van der Waals surface area (Å²) in [6.45, 7) is 6.03. The Hall–Kier alpha value is -1.63. The van der Waals surface area contributed by atoms with Crippen molar-refractivity contribution in [2.45, 2.75) is 33.6 Å². The Balaban J connectivity index is 2.88. The lowest BCUT2D eigenvalue weighted by atomic mass is 10.0. The first kappa shape index (κ1) is 13.4. The predicted molar refractivity (Wildman–Crippen MR) is 73.3 cm³/mol. The number of hydrogen-bond acceptors (Lipinski definition) is 1. The largest absolute Gasteiger partial charge is 0.289 e. The third-order valence-electron chi connectivity index (χ3n) is 2.67. The highest BCUT2D eigenvalue weighted by Gasteiger charge is 2.07. The maximum absolute atomic E-state index is 12.1. The van der Waals surface area contributed by atoms with Crippen LogP contribution in [0.15, 0.2) is 48.1 Å². The van der Waals surface area contributed by atoms with Gasteiger partial charge in [0.05, 0.1) is 0 Å². The van der Waals surface area contributed by atoms with E-state index in [2.05, 4.69) is 13.8 Å². The molecule has 1 heteroatoms. The fourth-order valence-electron chi connectivity index (χ4n) is 1.58. The van der Waals surface area contributed by atoms with Gasteiger partial charge in [-0.2, -0.15) is 0 Å². The fourth-order valence-corrected chi connectivity index (χ4v) is 1.58. The molecular formula is C16H20O. The second-order valence-electron chi connectivity index (χ2n) is 4.07. The standard InChI is InChI=1S/C16H20O/c1-4-6-7-9-13(3)16(17)15-11-8-10-14(5-2)12-15/h6-12H,4-5H2,1-3H3/b7-6-,13-9+. The van der Waals surface area contributed by atoms with Crippen molar-refractivity contribution in [3.8, 4) is 0 Å². The summed E-state index contributed by atoms with van der Waals surface area (Å²) in [6, 6.07) is 7.85. The molecule has 0 amide bonds. The Bertz CT molecular complexity index is 439. The lowest BCUT2D eigenvalue weighted by molar-refractivity contribution is 0.103. The Morgan fingerprint density at radius 1 is 1.29 bits per heavy atom. The van der Waals surface area contributed by atoms with Gasteiger partial charge < -0.3 is 0 Å². The van der Waals surface area contributed by atoms with Crippen LogP contribution in [-0.4, -0.2) is 5.78 Å². The zero-order valence-corrected chi connectivity index (χ0v) is 10.9. The maximum Gasteiger partial charge on any atom is 0.188 e. The Labute approximate surface area is 104 Å². The van der Waals surface area contributed by atoms with Crippen molar-refractivity contribution < 1.29 is 4.79 Å². The van der Waals surface area contributed by atoms with E-state index in [4.69, 9.17) is 0 Å². The first-order valence-corrected chi connectivity index (χ1v) is 6.16. The SMILES string of the molecule is CC/C=C\C=C(/C)C(=O)c1cccc(CC)c1. The molecule has 0 fully saturated rings. The van der Waals surface area contributed by atoms with Gasteiger partial charge in [0, 0.05) is 5.56 Å². The van der Waals surface area contributed by atoms with Crippen molar-refractivity contribution in [3.05, 3.63) is 59.2 Å². The van der Waals surface area contributed by atoms with Gasteiger partial charge in [0.1, 0.15) is 0 Å². The van der Waals surface area contributed by atoms with Gasteiger partial charge in [0.25, 0.3) is 0 Å². The fraction of sp³-hybridized carbons (Fsp3) is 0.312. The normalized spacial score (nSPS) is 12.1. The van der Waals surface area contributed by atoms with Crippen molar-refractivity contribution in [2.24, 2.45) is 0 Å². The Morgan fingerprint density at radius 3 is 2.71 bits per heavy atom. The molecule has 0 aromatic heterocycles. The Morgan fingerprint density at radius 2 is 2.06 bits per heavy atom. The van der Waals surface area contributed by atoms with Crippen LogP contribution in [0.1, 0.15) is 43.1 Å². The minimum absolute atomic E-state index is 0.112. The molecule has 0 atom stereocenters. The minimum Gasteiger partial charge on any atom is -0.289 e. The van der Waals surface area contributed by atoms with E-state index >= 15 is 0 Å². The van der Waals surface area contributed by atoms with Crippen LogP contribution in [0.4, 0.5) is 0 Å². The van der Waals surface area contributed by atoms with Crippen molar-refractivity contribution in [3.63, 3.8) is 0 Å². The summed E-state index contributed by atoms with van der Waals surface area (Å²) in [5.74, 6) is 0.112. The number of aryl methyl sites for hydroxylation is 1. The molecular weight excluding hydrogens is 208 g/mol. The number of carbonyl (C=O) groups is 1. The molecule has 17 heavy (non-hydrogen) atoms. The van der Waals surface area contributed by atoms with Gasteiger partial charge in [-0.25, -0.2) is 0 Å². The summed E-state index contributed by atoms with van der Waals surface area (Å²) in [4.78, 5) is 12.1. The second kappa shape index (κ2) is 6.85. The third-order valence-corrected chi connectivity index (χ3v) is 2.67. The molecule has 1 aromatic carbocycles. The first-order chi connectivity index (χ1) is 8.19. The van der Waals surface area contributed by atoms with Crippen LogP contribution in [0.3, 0.4) is 0 Å². The van der Waals surface area contributed by atoms with Gasteiger partial charge >= 0.3 is 0 Å². The topological polar surface area (TPSA) is 17.1 Å². The van der Waals surface area contributed by atoms with Gasteiger partial charge in [-0.15, -0.1) is 0 Å². The number of carbonyl (C=O) groups excluding carboxylic acids is 1. The molecule has 0 aliphatic rings. The highest BCUT2D eigenvalue weighted by molar-refractivity contribution is 6.08. The molecule has 0 spiro atoms. The molecule has 0 heterocycles. The molecule has 0 radical (unpaired) electrons. The van der Waals surface area contributed by atoms with Crippen LogP contribution in [0.2, 0.25) is 0 Å². The highest BCUT2D eigenvalue weighted by Crippen LogP contribution is 2.11. The van der Waals surface area contributed by atoms with E-state index in [9.17, 15) is 4.79 Å². The van der Waals surface area contributed by atoms with Crippen LogP contribution >= 0.6 is 0 Å². The molecule has 0 unspecified atom stereocenters. The maximum atomic E-state index is 12.1. The van der Waals surface area contributed by atoms with E-state index in [1.807, 2.05) is 49.4 Å². The summed E-state index contributed by atoms with van der Waals surface area (Å²) in [5, 5.41) is 0. The van der Waals surface area contributed by atoms with Crippen LogP contribution in [0.25, 0.3) is 0 Å². The van der Waals surface area contributed by atoms with Crippen molar-refractivity contribution in [1.82, 2.24) is 0 Å². The molecule has 0 bridgehead atoms. The zero-order valence-electron chi connectivity index (χ0n) is 10.9. The van der Waals surface area contributed by atoms with Gasteiger partial charge in [-0.05, 0) is 37.0 Å². The van der Waals surface area contributed by atoms with E-state index < -0.39 is 0 Å². The predicted octanol–water partition coefficient (Wildman–Crippen LogP) is 4.34. The van der Waals surface area contributed by atoms with Gasteiger partial charge in [-0.1, -0.05) is 50.3 Å². The van der Waals surface area contributed by atoms with E-state index in [0.29, 0.717) is 0 Å². The van der Waals surface area contributed by atoms with Gasteiger partial charge in [0.15, 0.2) is 5.78 Å². The average molecular weight is 228 g/mol. The summed E-state index contributed by atoms with van der Waals surface area (Å²) in [5.41, 5.74) is 2.76. The van der Waals surface area contributed by atoms with Crippen molar-refractivity contribution in [1.29, 1.82) is 0 Å². The molecule has 0 aliphatic heterocycles. The van der Waals surface area contributed by atoms with Crippen LogP contribution in [0, 0.1) is 0 Å². The van der Waals surface area contributed by atoms with Crippen molar-refractivity contribution in [2.75, 3.05) is 0 Å². The third kappa shape index (κ3) is 4.03. The number of rotatable bonds is 5. The second-order valence-corrected chi connectivity index (χ2v) is 4.07. The number of benzene rings is 1. The van der Waals surface area contributed by atoms with Crippen LogP contribution in [0.5, 0.6) is 0 Å². The number of allylic oxidation sites excluding steroid dienone is 4. The van der Waals surface area contributed by atoms with Gasteiger partial charge in [0.2, 0.25) is 0 Å². The first-order valence-electron chi connectivity index (χ1n) is 6.16. The number of Topliss-reactive ketones (excluding diaryl/α,β-unsaturated/α-hetero) is 1. The van der Waals surface area contributed by atoms with E-state index in [0.717, 1.165) is 24.0 Å². The van der Waals surface area contributed by atoms with Crippen LogP contribution in [-0.2, 0) is 6.42 Å². The average Bonchev–Trinajstić information content (AvgIpc) is 2.38. The number of ketones is 1. The molecule has 0 saturated carbocycles. The lowest BCUT2D eigenvalue weighted by Gasteiger charge is -2.02. The summed E-state index contributed by atoms with van der Waals surface area (Å²) >= 11 is 0. The van der Waals surface area contributed by atoms with E-state index in [1.54, 1.807) is 0 Å². The number of hydrogen-bond donors (Lipinski definition) is 0. The Kier molecular flexibility index (Phi) is 5.41. The van der Waals surface area contributed by atoms with Crippen molar-refractivity contribution >= 4 is 5.78 Å². The monoisotopic (exact) mass is 228 g/mol. The molecule has 1 nitrogen and oxygen atoms in total. The minimum atomic E-state index is 0.112. The molecule has 0 N–H and O–H groups in total. The molecule has 1 rings (SSSR count). The molecule has 1 aromatic rings. The van der Waals surface area contributed by atoms with E-state index in [-0.39, 0.29) is 5.78 Å². The quantitative estimate of drug-likeness (QED) is 0.416. The van der Waals surface area contributed by atoms with E-state index in [1.165, 1.54) is 5.56 Å². The highest BCUT2D eigenvalue weighted by atomic mass is 16.1. The lowest BCUT2D eigenvalue weighted by Crippen LogP contribution is -2.01. The molecule has 0 aliphatic carbocycles. The summed E-state index contributed by atoms with van der Waals surface area (Å²) in [6.07, 6.45) is 7.81.